The summed E-state index contributed by atoms with van der Waals surface area (Å²) in [5.74, 6) is -0.146. The molecule has 1 fully saturated rings. The molecule has 3 N–H and O–H groups in total. The van der Waals surface area contributed by atoms with Crippen molar-refractivity contribution in [2.45, 2.75) is 0 Å². The number of halogens is 1. The first-order valence-electron chi connectivity index (χ1n) is 4.50. The Balaban J connectivity index is 2.26. The van der Waals surface area contributed by atoms with E-state index in [2.05, 4.69) is 15.3 Å². The third-order valence-electron chi connectivity index (χ3n) is 2.23. The van der Waals surface area contributed by atoms with Crippen LogP contribution in [0.25, 0.3) is 0 Å². The minimum absolute atomic E-state index is 0.0365. The minimum Gasteiger partial charge on any atom is -0.392 e. The first kappa shape index (κ1) is 9.14. The Hall–Kier alpha value is -1.43. The summed E-state index contributed by atoms with van der Waals surface area (Å²) in [4.78, 5) is 9.33. The number of hydrogen-bond donors (Lipinski definition) is 2. The lowest BCUT2D eigenvalue weighted by Crippen LogP contribution is -2.44. The minimum atomic E-state index is -0.645. The molecule has 1 saturated heterocycles. The molecule has 1 aliphatic heterocycles. The van der Waals surface area contributed by atoms with Gasteiger partial charge >= 0.3 is 0 Å². The van der Waals surface area contributed by atoms with Gasteiger partial charge in [0.05, 0.1) is 0 Å². The Morgan fingerprint density at radius 1 is 1.36 bits per heavy atom. The van der Waals surface area contributed by atoms with Gasteiger partial charge in [0.2, 0.25) is 5.95 Å². The topological polar surface area (TPSA) is 67.1 Å². The third-order valence-corrected chi connectivity index (χ3v) is 2.23. The van der Waals surface area contributed by atoms with Crippen LogP contribution >= 0.6 is 0 Å². The van der Waals surface area contributed by atoms with Crippen molar-refractivity contribution < 1.29 is 4.39 Å². The summed E-state index contributed by atoms with van der Waals surface area (Å²) >= 11 is 0. The van der Waals surface area contributed by atoms with Crippen molar-refractivity contribution in [2.24, 2.45) is 0 Å². The average molecular weight is 197 g/mol. The fourth-order valence-corrected chi connectivity index (χ4v) is 1.49. The van der Waals surface area contributed by atoms with E-state index >= 15 is 0 Å². The molecule has 0 radical (unpaired) electrons. The van der Waals surface area contributed by atoms with Crippen LogP contribution in [-0.4, -0.2) is 36.1 Å². The maximum absolute atomic E-state index is 13.0. The van der Waals surface area contributed by atoms with Crippen molar-refractivity contribution >= 4 is 11.5 Å². The molecule has 6 heteroatoms. The second-order valence-corrected chi connectivity index (χ2v) is 3.14. The standard InChI is InChI=1S/C8H12FN5/c9-7-6(10)8(13-5-12-7)14-3-1-11-2-4-14/h5,11H,1-4,10H2. The van der Waals surface area contributed by atoms with E-state index < -0.39 is 5.95 Å². The molecule has 1 aliphatic rings. The van der Waals surface area contributed by atoms with E-state index in [0.29, 0.717) is 5.82 Å². The van der Waals surface area contributed by atoms with Crippen molar-refractivity contribution in [3.63, 3.8) is 0 Å². The monoisotopic (exact) mass is 197 g/mol. The Morgan fingerprint density at radius 2 is 2.07 bits per heavy atom. The molecule has 0 aliphatic carbocycles. The molecular weight excluding hydrogens is 185 g/mol. The van der Waals surface area contributed by atoms with E-state index in [0.717, 1.165) is 26.2 Å². The summed E-state index contributed by atoms with van der Waals surface area (Å²) in [5, 5.41) is 3.20. The zero-order valence-electron chi connectivity index (χ0n) is 7.70. The van der Waals surface area contributed by atoms with Gasteiger partial charge < -0.3 is 16.0 Å². The number of anilines is 2. The predicted molar refractivity (Wildman–Crippen MR) is 51.5 cm³/mol. The van der Waals surface area contributed by atoms with Crippen LogP contribution in [0, 0.1) is 5.95 Å². The van der Waals surface area contributed by atoms with Gasteiger partial charge in [-0.2, -0.15) is 4.39 Å². The molecule has 0 bridgehead atoms. The molecule has 0 aromatic carbocycles. The van der Waals surface area contributed by atoms with Gasteiger partial charge in [-0.15, -0.1) is 0 Å². The number of nitrogen functional groups attached to an aromatic ring is 1. The Kier molecular flexibility index (Phi) is 2.45. The second-order valence-electron chi connectivity index (χ2n) is 3.14. The van der Waals surface area contributed by atoms with Gasteiger partial charge in [0.25, 0.3) is 0 Å². The molecule has 1 aromatic rings. The molecule has 0 amide bonds. The smallest absolute Gasteiger partial charge is 0.241 e. The summed E-state index contributed by atoms with van der Waals surface area (Å²) in [5.41, 5.74) is 5.59. The summed E-state index contributed by atoms with van der Waals surface area (Å²) in [6.45, 7) is 3.32. The second kappa shape index (κ2) is 3.75. The van der Waals surface area contributed by atoms with Crippen molar-refractivity contribution in [3.8, 4) is 0 Å². The lowest BCUT2D eigenvalue weighted by molar-refractivity contribution is 0.567. The molecule has 1 aromatic heterocycles. The maximum atomic E-state index is 13.0. The van der Waals surface area contributed by atoms with Crippen LogP contribution in [0.2, 0.25) is 0 Å². The number of rotatable bonds is 1. The molecule has 0 unspecified atom stereocenters. The number of piperazine rings is 1. The zero-order valence-corrected chi connectivity index (χ0v) is 7.70. The van der Waals surface area contributed by atoms with Crippen molar-refractivity contribution in [2.75, 3.05) is 36.8 Å². The first-order chi connectivity index (χ1) is 6.79. The third kappa shape index (κ3) is 1.60. The Bertz CT molecular complexity index is 324. The van der Waals surface area contributed by atoms with E-state index in [1.165, 1.54) is 6.33 Å². The van der Waals surface area contributed by atoms with E-state index in [1.54, 1.807) is 0 Å². The highest BCUT2D eigenvalue weighted by atomic mass is 19.1. The average Bonchev–Trinajstić information content (AvgIpc) is 2.23. The van der Waals surface area contributed by atoms with Crippen molar-refractivity contribution in [3.05, 3.63) is 12.3 Å². The van der Waals surface area contributed by atoms with Crippen LogP contribution in [0.1, 0.15) is 0 Å². The highest BCUT2D eigenvalue weighted by Gasteiger charge is 2.16. The van der Waals surface area contributed by atoms with Gasteiger partial charge in [0.15, 0.2) is 5.82 Å². The highest BCUT2D eigenvalue weighted by Crippen LogP contribution is 2.20. The van der Waals surface area contributed by atoms with E-state index in [9.17, 15) is 4.39 Å². The highest BCUT2D eigenvalue weighted by molar-refractivity contribution is 5.61. The number of hydrogen-bond acceptors (Lipinski definition) is 5. The zero-order chi connectivity index (χ0) is 9.97. The van der Waals surface area contributed by atoms with Gasteiger partial charge in [-0.3, -0.25) is 0 Å². The van der Waals surface area contributed by atoms with Crippen molar-refractivity contribution in [1.29, 1.82) is 0 Å². The maximum Gasteiger partial charge on any atom is 0.241 e. The van der Waals surface area contributed by atoms with Gasteiger partial charge in [0.1, 0.15) is 12.0 Å². The first-order valence-corrected chi connectivity index (χ1v) is 4.50. The van der Waals surface area contributed by atoms with Gasteiger partial charge in [-0.05, 0) is 0 Å². The normalized spacial score (nSPS) is 17.1. The Labute approximate surface area is 81.1 Å². The summed E-state index contributed by atoms with van der Waals surface area (Å²) in [6.07, 6.45) is 1.20. The molecule has 2 rings (SSSR count). The molecule has 14 heavy (non-hydrogen) atoms. The summed E-state index contributed by atoms with van der Waals surface area (Å²) < 4.78 is 13.0. The lowest BCUT2D eigenvalue weighted by atomic mass is 10.3. The van der Waals surface area contributed by atoms with Crippen LogP contribution in [0.15, 0.2) is 6.33 Å². The molecular formula is C8H12FN5. The number of nitrogens with one attached hydrogen (secondary N) is 1. The molecule has 76 valence electrons. The Morgan fingerprint density at radius 3 is 2.79 bits per heavy atom. The van der Waals surface area contributed by atoms with E-state index in [4.69, 9.17) is 5.73 Å². The number of nitrogens with zero attached hydrogens (tertiary/aromatic N) is 3. The van der Waals surface area contributed by atoms with Crippen LogP contribution in [-0.2, 0) is 0 Å². The summed E-state index contributed by atoms with van der Waals surface area (Å²) in [7, 11) is 0. The number of aromatic nitrogens is 2. The molecule has 0 saturated carbocycles. The predicted octanol–water partition coefficient (Wildman–Crippen LogP) is -0.393. The summed E-state index contributed by atoms with van der Waals surface area (Å²) in [6, 6.07) is 0. The van der Waals surface area contributed by atoms with Crippen LogP contribution < -0.4 is 16.0 Å². The molecule has 0 spiro atoms. The van der Waals surface area contributed by atoms with E-state index in [1.807, 2.05) is 4.90 Å². The largest absolute Gasteiger partial charge is 0.392 e. The lowest BCUT2D eigenvalue weighted by Gasteiger charge is -2.28. The van der Waals surface area contributed by atoms with Crippen LogP contribution in [0.5, 0.6) is 0 Å². The quantitative estimate of drug-likeness (QED) is 0.600. The fraction of sp³-hybridized carbons (Fsp3) is 0.500. The molecule has 0 atom stereocenters. The van der Waals surface area contributed by atoms with Gasteiger partial charge in [0, 0.05) is 26.2 Å². The van der Waals surface area contributed by atoms with Crippen LogP contribution in [0.3, 0.4) is 0 Å². The SMILES string of the molecule is Nc1c(F)ncnc1N1CCNCC1. The van der Waals surface area contributed by atoms with Crippen LogP contribution in [0.4, 0.5) is 15.9 Å². The fourth-order valence-electron chi connectivity index (χ4n) is 1.49. The molecule has 5 nitrogen and oxygen atoms in total. The molecule has 2 heterocycles. The van der Waals surface area contributed by atoms with Crippen molar-refractivity contribution in [1.82, 2.24) is 15.3 Å². The van der Waals surface area contributed by atoms with Gasteiger partial charge in [-0.25, -0.2) is 9.97 Å². The van der Waals surface area contributed by atoms with Gasteiger partial charge in [-0.1, -0.05) is 0 Å². The number of nitrogens with two attached hydrogens (primary N) is 1. The van der Waals surface area contributed by atoms with E-state index in [-0.39, 0.29) is 5.69 Å².